The molecule has 0 amide bonds. The molecule has 2 aliphatic rings. The maximum absolute atomic E-state index is 11.6. The highest BCUT2D eigenvalue weighted by molar-refractivity contribution is 8.00. The van der Waals surface area contributed by atoms with E-state index in [2.05, 4.69) is 72.2 Å². The van der Waals surface area contributed by atoms with E-state index in [4.69, 9.17) is 8.75 Å². The average molecular weight is 889 g/mol. The fourth-order valence-corrected chi connectivity index (χ4v) is 11.1. The second kappa shape index (κ2) is 19.3. The van der Waals surface area contributed by atoms with Crippen LogP contribution >= 0.6 is 35.3 Å². The molecule has 1 aromatic heterocycles. The van der Waals surface area contributed by atoms with Gasteiger partial charge in [-0.15, -0.1) is 0 Å². The normalized spacial score (nSPS) is 13.1. The number of anilines is 4. The van der Waals surface area contributed by atoms with Gasteiger partial charge in [0, 0.05) is 43.8 Å². The molecule has 0 aliphatic carbocycles. The van der Waals surface area contributed by atoms with Gasteiger partial charge < -0.3 is 20.0 Å². The van der Waals surface area contributed by atoms with E-state index < -0.39 is 11.9 Å². The van der Waals surface area contributed by atoms with Crippen LogP contribution < -0.4 is 9.80 Å². The van der Waals surface area contributed by atoms with E-state index in [0.29, 0.717) is 11.1 Å². The largest absolute Gasteiger partial charge is 0.477 e. The van der Waals surface area contributed by atoms with Crippen LogP contribution in [0.1, 0.15) is 76.3 Å². The first-order valence-corrected chi connectivity index (χ1v) is 23.5. The van der Waals surface area contributed by atoms with Crippen LogP contribution in [0, 0.1) is 22.7 Å². The summed E-state index contributed by atoms with van der Waals surface area (Å²) in [5.74, 6) is -2.50. The zero-order valence-electron chi connectivity index (χ0n) is 34.9. The summed E-state index contributed by atoms with van der Waals surface area (Å²) < 4.78 is 9.69. The average Bonchev–Trinajstić information content (AvgIpc) is 3.79. The number of benzene rings is 5. The van der Waals surface area contributed by atoms with E-state index in [1.54, 1.807) is 35.7 Å². The third-order valence-corrected chi connectivity index (χ3v) is 14.0. The van der Waals surface area contributed by atoms with Crippen molar-refractivity contribution < 1.29 is 19.8 Å². The number of nitriles is 2. The van der Waals surface area contributed by atoms with Crippen molar-refractivity contribution in [2.45, 2.75) is 84.8 Å². The molecule has 13 heteroatoms. The summed E-state index contributed by atoms with van der Waals surface area (Å²) in [5, 5.41) is 37.9. The second-order valence-corrected chi connectivity index (χ2v) is 18.2. The lowest BCUT2D eigenvalue weighted by atomic mass is 9.97. The molecule has 2 aliphatic heterocycles. The minimum atomic E-state index is -1.25. The van der Waals surface area contributed by atoms with E-state index >= 15 is 0 Å². The number of nitrogens with zero attached hydrogens (tertiary/aromatic N) is 6. The standard InChI is InChI=1S/C50H44N6O4S3/c1-3-5-7-9-21-55-39-17-11-31(23-35(29-51)49(57)58)25-43(39)61-45-27-33(13-19-41(45)55)37-15-16-38(48-47(37)53-63-54-48)34-14-20-42-46(28-34)62-44-26-32(24-36(30-52)50(59)60)12-18-40(44)56(42)22-10-8-6-4-2/h11-20,23-28H,3-10,21-22H2,1-2H3,(H,57,58)(H,59,60)/b35-23-,36-24-. The van der Waals surface area contributed by atoms with Crippen molar-refractivity contribution in [2.75, 3.05) is 22.9 Å². The summed E-state index contributed by atoms with van der Waals surface area (Å²) in [5.41, 5.74) is 10.7. The smallest absolute Gasteiger partial charge is 0.346 e. The number of fused-ring (bicyclic) bond motifs is 5. The van der Waals surface area contributed by atoms with Gasteiger partial charge in [0.1, 0.15) is 34.3 Å². The maximum atomic E-state index is 11.6. The summed E-state index contributed by atoms with van der Waals surface area (Å²) in [7, 11) is 0. The molecular formula is C50H44N6O4S3. The molecule has 8 rings (SSSR count). The number of rotatable bonds is 16. The van der Waals surface area contributed by atoms with Crippen LogP contribution in [0.3, 0.4) is 0 Å². The highest BCUT2D eigenvalue weighted by atomic mass is 32.2. The number of aromatic nitrogens is 2. The molecular weight excluding hydrogens is 845 g/mol. The second-order valence-electron chi connectivity index (χ2n) is 15.5. The van der Waals surface area contributed by atoms with Crippen LogP contribution in [-0.2, 0) is 9.59 Å². The molecule has 3 heterocycles. The number of aliphatic carboxylic acids is 2. The Kier molecular flexibility index (Phi) is 13.3. The van der Waals surface area contributed by atoms with Gasteiger partial charge >= 0.3 is 11.9 Å². The maximum Gasteiger partial charge on any atom is 0.346 e. The van der Waals surface area contributed by atoms with Gasteiger partial charge in [-0.1, -0.05) is 112 Å². The van der Waals surface area contributed by atoms with Crippen molar-refractivity contribution >= 4 is 93.1 Å². The van der Waals surface area contributed by atoms with Crippen molar-refractivity contribution in [3.63, 3.8) is 0 Å². The molecule has 0 saturated carbocycles. The molecule has 6 aromatic rings. The van der Waals surface area contributed by atoms with Crippen molar-refractivity contribution in [2.24, 2.45) is 0 Å². The SMILES string of the molecule is CCCCCCN1c2ccc(/C=C(/C#N)C(=O)O)cc2Sc2cc(-c3ccc(-c4ccc5c(c4)Sc4cc(/C=C(/C#N)C(=O)O)ccc4N5CCCCCC)c4nsnc34)ccc21. The molecule has 2 N–H and O–H groups in total. The number of carboxylic acids is 2. The molecule has 0 spiro atoms. The van der Waals surface area contributed by atoms with Crippen molar-refractivity contribution in [3.8, 4) is 34.4 Å². The monoisotopic (exact) mass is 888 g/mol. The van der Waals surface area contributed by atoms with Gasteiger partial charge in [0.15, 0.2) is 0 Å². The van der Waals surface area contributed by atoms with E-state index in [0.717, 1.165) is 127 Å². The molecule has 0 saturated heterocycles. The van der Waals surface area contributed by atoms with Gasteiger partial charge in [-0.05, 0) is 95.8 Å². The van der Waals surface area contributed by atoms with Crippen LogP contribution in [0.4, 0.5) is 22.7 Å². The van der Waals surface area contributed by atoms with E-state index in [1.165, 1.54) is 36.7 Å². The van der Waals surface area contributed by atoms with Crippen LogP contribution in [0.15, 0.2) is 116 Å². The van der Waals surface area contributed by atoms with E-state index in [-0.39, 0.29) is 11.1 Å². The molecule has 0 fully saturated rings. The van der Waals surface area contributed by atoms with Crippen LogP contribution in [0.2, 0.25) is 0 Å². The van der Waals surface area contributed by atoms with Crippen molar-refractivity contribution in [1.29, 1.82) is 10.5 Å². The molecule has 10 nitrogen and oxygen atoms in total. The predicted octanol–water partition coefficient (Wildman–Crippen LogP) is 13.4. The van der Waals surface area contributed by atoms with Gasteiger partial charge in [0.2, 0.25) is 0 Å². The molecule has 63 heavy (non-hydrogen) atoms. The number of hydrogen-bond acceptors (Lipinski definition) is 11. The van der Waals surface area contributed by atoms with Crippen LogP contribution in [-0.4, -0.2) is 44.0 Å². The van der Waals surface area contributed by atoms with E-state index in [1.807, 2.05) is 36.4 Å². The topological polar surface area (TPSA) is 154 Å². The quantitative estimate of drug-likeness (QED) is 0.0540. The lowest BCUT2D eigenvalue weighted by Gasteiger charge is -2.33. The summed E-state index contributed by atoms with van der Waals surface area (Å²) in [6.07, 6.45) is 11.8. The minimum Gasteiger partial charge on any atom is -0.477 e. The Balaban J connectivity index is 1.14. The summed E-state index contributed by atoms with van der Waals surface area (Å²) in [6, 6.07) is 32.7. The molecule has 0 atom stereocenters. The Hall–Kier alpha value is -6.38. The Morgan fingerprint density at radius 3 is 1.35 bits per heavy atom. The van der Waals surface area contributed by atoms with Crippen molar-refractivity contribution in [3.05, 3.63) is 107 Å². The third kappa shape index (κ3) is 9.09. The molecule has 0 radical (unpaired) electrons. The molecule has 0 bridgehead atoms. The van der Waals surface area contributed by atoms with Gasteiger partial charge in [0.25, 0.3) is 0 Å². The number of hydrogen-bond donors (Lipinski definition) is 2. The summed E-state index contributed by atoms with van der Waals surface area (Å²) in [6.45, 7) is 6.10. The predicted molar refractivity (Wildman–Crippen MR) is 254 cm³/mol. The van der Waals surface area contributed by atoms with Crippen molar-refractivity contribution in [1.82, 2.24) is 8.75 Å². The van der Waals surface area contributed by atoms with Gasteiger partial charge in [-0.3, -0.25) is 0 Å². The lowest BCUT2D eigenvalue weighted by Crippen LogP contribution is -2.22. The third-order valence-electron chi connectivity index (χ3n) is 11.3. The van der Waals surface area contributed by atoms with Crippen LogP contribution in [0.25, 0.3) is 45.4 Å². The fraction of sp³-hybridized carbons (Fsp3) is 0.240. The van der Waals surface area contributed by atoms with Crippen LogP contribution in [0.5, 0.6) is 0 Å². The number of unbranched alkanes of at least 4 members (excludes halogenated alkanes) is 6. The highest BCUT2D eigenvalue weighted by Crippen LogP contribution is 2.52. The van der Waals surface area contributed by atoms with Gasteiger partial charge in [-0.2, -0.15) is 19.3 Å². The molecule has 316 valence electrons. The lowest BCUT2D eigenvalue weighted by molar-refractivity contribution is -0.133. The van der Waals surface area contributed by atoms with Gasteiger partial charge in [0.05, 0.1) is 34.5 Å². The van der Waals surface area contributed by atoms with Gasteiger partial charge in [-0.25, -0.2) is 9.59 Å². The molecule has 0 unspecified atom stereocenters. The number of carboxylic acid groups (broad SMARTS) is 2. The first kappa shape index (κ1) is 43.3. The zero-order chi connectivity index (χ0) is 44.0. The van der Waals surface area contributed by atoms with E-state index in [9.17, 15) is 30.3 Å². The summed E-state index contributed by atoms with van der Waals surface area (Å²) in [4.78, 5) is 32.1. The first-order valence-electron chi connectivity index (χ1n) is 21.1. The first-order chi connectivity index (χ1) is 30.7. The number of carbonyl (C=O) groups is 2. The fourth-order valence-electron chi connectivity index (χ4n) is 8.14. The Morgan fingerprint density at radius 1 is 0.571 bits per heavy atom. The highest BCUT2D eigenvalue weighted by Gasteiger charge is 2.27. The Labute approximate surface area is 379 Å². The molecule has 5 aromatic carbocycles. The zero-order valence-corrected chi connectivity index (χ0v) is 37.4. The summed E-state index contributed by atoms with van der Waals surface area (Å²) >= 11 is 4.47. The minimum absolute atomic E-state index is 0.310. The Morgan fingerprint density at radius 2 is 0.968 bits per heavy atom. The Bertz CT molecular complexity index is 2720.